The SMILES string of the molecule is COC(=O)c1cc2n3c(c(C4CCCCC4)n2n1)-c1ccc(OCc2cc(N4CCCC4=O)ccc2N2CCOCC2)cc1OCC3. The van der Waals surface area contributed by atoms with Crippen LogP contribution in [0, 0.1) is 0 Å². The Labute approximate surface area is 273 Å². The molecule has 0 unspecified atom stereocenters. The van der Waals surface area contributed by atoms with E-state index in [1.54, 1.807) is 0 Å². The van der Waals surface area contributed by atoms with Crippen LogP contribution in [0.1, 0.15) is 72.6 Å². The van der Waals surface area contributed by atoms with Crippen LogP contribution in [-0.2, 0) is 27.4 Å². The molecule has 0 spiro atoms. The van der Waals surface area contributed by atoms with Gasteiger partial charge >= 0.3 is 5.97 Å². The van der Waals surface area contributed by atoms with Gasteiger partial charge in [0.05, 0.1) is 38.3 Å². The molecule has 1 saturated carbocycles. The summed E-state index contributed by atoms with van der Waals surface area (Å²) >= 11 is 0. The normalized spacial score (nSPS) is 18.5. The summed E-state index contributed by atoms with van der Waals surface area (Å²) in [5.41, 5.74) is 7.51. The van der Waals surface area contributed by atoms with Crippen molar-refractivity contribution in [3.8, 4) is 22.8 Å². The molecule has 0 bridgehead atoms. The van der Waals surface area contributed by atoms with Gasteiger partial charge in [-0.1, -0.05) is 19.3 Å². The molecule has 11 nitrogen and oxygen atoms in total. The van der Waals surface area contributed by atoms with Crippen molar-refractivity contribution in [2.24, 2.45) is 0 Å². The quantitative estimate of drug-likeness (QED) is 0.242. The zero-order valence-electron chi connectivity index (χ0n) is 26.9. The van der Waals surface area contributed by atoms with Crippen LogP contribution in [0.15, 0.2) is 42.5 Å². The number of methoxy groups -OCH3 is 1. The number of ether oxygens (including phenoxy) is 4. The fraction of sp³-hybridized carbons (Fsp3) is 0.472. The Bertz CT molecular complexity index is 1820. The second-order valence-electron chi connectivity index (χ2n) is 12.9. The molecule has 8 rings (SSSR count). The van der Waals surface area contributed by atoms with E-state index in [-0.39, 0.29) is 5.91 Å². The van der Waals surface area contributed by atoms with Crippen LogP contribution in [0.3, 0.4) is 0 Å². The minimum Gasteiger partial charge on any atom is -0.491 e. The highest BCUT2D eigenvalue weighted by atomic mass is 16.5. The highest BCUT2D eigenvalue weighted by Crippen LogP contribution is 2.45. The van der Waals surface area contributed by atoms with E-state index in [4.69, 9.17) is 24.0 Å². The van der Waals surface area contributed by atoms with E-state index in [1.165, 1.54) is 26.4 Å². The van der Waals surface area contributed by atoms with Crippen molar-refractivity contribution in [2.45, 2.75) is 64.0 Å². The summed E-state index contributed by atoms with van der Waals surface area (Å²) in [6, 6.07) is 14.2. The van der Waals surface area contributed by atoms with Gasteiger partial charge < -0.3 is 33.3 Å². The van der Waals surface area contributed by atoms with Gasteiger partial charge in [-0.3, -0.25) is 4.79 Å². The van der Waals surface area contributed by atoms with Gasteiger partial charge in [0.2, 0.25) is 5.91 Å². The zero-order chi connectivity index (χ0) is 31.9. The molecule has 47 heavy (non-hydrogen) atoms. The average Bonchev–Trinajstić information content (AvgIpc) is 3.78. The van der Waals surface area contributed by atoms with Crippen molar-refractivity contribution in [3.05, 3.63) is 59.4 Å². The predicted molar refractivity (Wildman–Crippen MR) is 177 cm³/mol. The first-order valence-corrected chi connectivity index (χ1v) is 17.0. The maximum Gasteiger partial charge on any atom is 0.358 e. The van der Waals surface area contributed by atoms with Gasteiger partial charge in [-0.25, -0.2) is 9.31 Å². The zero-order valence-corrected chi connectivity index (χ0v) is 26.9. The highest BCUT2D eigenvalue weighted by molar-refractivity contribution is 5.95. The van der Waals surface area contributed by atoms with Crippen molar-refractivity contribution in [3.63, 3.8) is 0 Å². The molecule has 2 aromatic heterocycles. The van der Waals surface area contributed by atoms with E-state index in [0.29, 0.717) is 51.0 Å². The highest BCUT2D eigenvalue weighted by Gasteiger charge is 2.32. The second-order valence-corrected chi connectivity index (χ2v) is 12.9. The van der Waals surface area contributed by atoms with Crippen LogP contribution < -0.4 is 19.3 Å². The number of aromatic nitrogens is 3. The van der Waals surface area contributed by atoms with E-state index in [1.807, 2.05) is 27.6 Å². The van der Waals surface area contributed by atoms with Gasteiger partial charge in [0.1, 0.15) is 30.4 Å². The third-order valence-electron chi connectivity index (χ3n) is 10.1. The first kappa shape index (κ1) is 29.9. The van der Waals surface area contributed by atoms with Gasteiger partial charge in [-0.2, -0.15) is 5.10 Å². The summed E-state index contributed by atoms with van der Waals surface area (Å²) in [5, 5.41) is 4.75. The molecule has 1 aliphatic carbocycles. The van der Waals surface area contributed by atoms with Gasteiger partial charge in [0, 0.05) is 66.6 Å². The lowest BCUT2D eigenvalue weighted by atomic mass is 9.85. The van der Waals surface area contributed by atoms with Gasteiger partial charge in [0.15, 0.2) is 5.69 Å². The van der Waals surface area contributed by atoms with Crippen molar-refractivity contribution in [1.82, 2.24) is 14.2 Å². The Hall–Kier alpha value is -4.51. The van der Waals surface area contributed by atoms with Crippen molar-refractivity contribution < 1.29 is 28.5 Å². The minimum atomic E-state index is -0.431. The van der Waals surface area contributed by atoms with E-state index < -0.39 is 5.97 Å². The minimum absolute atomic E-state index is 0.171. The van der Waals surface area contributed by atoms with Crippen molar-refractivity contribution >= 4 is 28.9 Å². The molecule has 11 heteroatoms. The number of fused-ring (bicyclic) bond motifs is 5. The summed E-state index contributed by atoms with van der Waals surface area (Å²) < 4.78 is 27.7. The third-order valence-corrected chi connectivity index (χ3v) is 10.1. The van der Waals surface area contributed by atoms with Crippen LogP contribution in [0.25, 0.3) is 16.9 Å². The Balaban J connectivity index is 1.13. The lowest BCUT2D eigenvalue weighted by Crippen LogP contribution is -2.37. The lowest BCUT2D eigenvalue weighted by molar-refractivity contribution is -0.117. The van der Waals surface area contributed by atoms with Crippen molar-refractivity contribution in [2.75, 3.05) is 56.4 Å². The third kappa shape index (κ3) is 5.50. The molecule has 2 saturated heterocycles. The predicted octanol–water partition coefficient (Wildman–Crippen LogP) is 5.57. The number of anilines is 2. The maximum absolute atomic E-state index is 12.6. The number of hydrogen-bond acceptors (Lipinski definition) is 8. The van der Waals surface area contributed by atoms with E-state index >= 15 is 0 Å². The van der Waals surface area contributed by atoms with Crippen molar-refractivity contribution in [1.29, 1.82) is 0 Å². The van der Waals surface area contributed by atoms with E-state index in [2.05, 4.69) is 33.7 Å². The van der Waals surface area contributed by atoms with E-state index in [9.17, 15) is 9.59 Å². The summed E-state index contributed by atoms with van der Waals surface area (Å²) in [4.78, 5) is 29.2. The average molecular weight is 640 g/mol. The molecule has 0 N–H and O–H groups in total. The van der Waals surface area contributed by atoms with E-state index in [0.717, 1.165) is 89.9 Å². The van der Waals surface area contributed by atoms with Crippen LogP contribution in [-0.4, -0.2) is 72.6 Å². The number of imidazole rings is 1. The van der Waals surface area contributed by atoms with Crippen LogP contribution in [0.2, 0.25) is 0 Å². The fourth-order valence-electron chi connectivity index (χ4n) is 7.76. The molecular formula is C36H41N5O6. The summed E-state index contributed by atoms with van der Waals surface area (Å²) in [6.45, 7) is 5.22. The lowest BCUT2D eigenvalue weighted by Gasteiger charge is -2.31. The van der Waals surface area contributed by atoms with Gasteiger partial charge in [-0.15, -0.1) is 0 Å². The van der Waals surface area contributed by atoms with Gasteiger partial charge in [-0.05, 0) is 49.6 Å². The number of esters is 1. The monoisotopic (exact) mass is 639 g/mol. The number of benzene rings is 2. The number of amides is 1. The molecule has 3 aliphatic heterocycles. The fourth-order valence-corrected chi connectivity index (χ4v) is 7.76. The molecule has 4 aromatic rings. The molecule has 4 aliphatic rings. The van der Waals surface area contributed by atoms with Crippen LogP contribution in [0.4, 0.5) is 11.4 Å². The first-order chi connectivity index (χ1) is 23.1. The molecule has 2 aromatic carbocycles. The number of carbonyl (C=O) groups is 2. The molecule has 0 atom stereocenters. The second kappa shape index (κ2) is 12.6. The number of morpholine rings is 1. The molecular weight excluding hydrogens is 598 g/mol. The molecule has 246 valence electrons. The number of rotatable bonds is 7. The standard InChI is InChI=1S/C36H41N5O6/c1-44-36(43)29-22-32-40-16-19-46-31-21-27(10-11-28(31)35(40)34(41(32)37-29)24-6-3-2-4-7-24)47-23-25-20-26(39-13-5-8-33(39)42)9-12-30(25)38-14-17-45-18-15-38/h9-12,20-22,24H,2-8,13-19,23H2,1H3. The number of nitrogens with zero attached hydrogens (tertiary/aromatic N) is 5. The Morgan fingerprint density at radius 3 is 2.60 bits per heavy atom. The maximum atomic E-state index is 12.6. The molecule has 0 radical (unpaired) electrons. The van der Waals surface area contributed by atoms with Gasteiger partial charge in [0.25, 0.3) is 0 Å². The first-order valence-electron chi connectivity index (χ1n) is 17.0. The summed E-state index contributed by atoms with van der Waals surface area (Å²) in [6.07, 6.45) is 7.25. The Morgan fingerprint density at radius 2 is 1.81 bits per heavy atom. The molecule has 1 amide bonds. The number of hydrogen-bond donors (Lipinski definition) is 0. The topological polar surface area (TPSA) is 99.8 Å². The molecule has 3 fully saturated rings. The summed E-state index contributed by atoms with van der Waals surface area (Å²) in [7, 11) is 1.39. The summed E-state index contributed by atoms with van der Waals surface area (Å²) in [5.74, 6) is 1.57. The molecule has 5 heterocycles. The van der Waals surface area contributed by atoms with Crippen LogP contribution in [0.5, 0.6) is 11.5 Å². The smallest absolute Gasteiger partial charge is 0.358 e. The largest absolute Gasteiger partial charge is 0.491 e. The Morgan fingerprint density at radius 1 is 0.957 bits per heavy atom. The van der Waals surface area contributed by atoms with Crippen LogP contribution >= 0.6 is 0 Å². The Kier molecular flexibility index (Phi) is 8.00. The number of carbonyl (C=O) groups excluding carboxylic acids is 2.